The number of aliphatic hydroxyl groups is 1. The van der Waals surface area contributed by atoms with E-state index in [1.165, 1.54) is 6.42 Å². The summed E-state index contributed by atoms with van der Waals surface area (Å²) < 4.78 is 0. The fourth-order valence-electron chi connectivity index (χ4n) is 4.85. The molecule has 0 aliphatic heterocycles. The highest BCUT2D eigenvalue weighted by atomic mass is 16.3. The van der Waals surface area contributed by atoms with Crippen LogP contribution in [-0.2, 0) is 0 Å². The molecule has 9 heteroatoms. The van der Waals surface area contributed by atoms with Gasteiger partial charge >= 0.3 is 0 Å². The minimum absolute atomic E-state index is 0.311. The van der Waals surface area contributed by atoms with E-state index in [-0.39, 0.29) is 0 Å². The zero-order valence-electron chi connectivity index (χ0n) is 19.9. The van der Waals surface area contributed by atoms with Gasteiger partial charge in [-0.15, -0.1) is 0 Å². The van der Waals surface area contributed by atoms with Crippen molar-refractivity contribution in [3.05, 3.63) is 73.4 Å². The van der Waals surface area contributed by atoms with E-state index in [0.717, 1.165) is 68.5 Å². The van der Waals surface area contributed by atoms with Crippen molar-refractivity contribution < 1.29 is 5.11 Å². The van der Waals surface area contributed by atoms with E-state index in [1.807, 2.05) is 42.6 Å². The maximum Gasteiger partial charge on any atom is 0.159 e. The number of H-pyrrole nitrogens is 2. The van der Waals surface area contributed by atoms with Crippen LogP contribution in [0.3, 0.4) is 0 Å². The van der Waals surface area contributed by atoms with Crippen molar-refractivity contribution in [3.63, 3.8) is 0 Å². The molecule has 1 aliphatic rings. The number of hydrogen-bond donors (Lipinski definition) is 4. The highest BCUT2D eigenvalue weighted by Gasteiger charge is 2.25. The van der Waals surface area contributed by atoms with Gasteiger partial charge in [0.2, 0.25) is 0 Å². The second-order valence-electron chi connectivity index (χ2n) is 9.46. The number of anilines is 1. The molecule has 1 fully saturated rings. The predicted molar refractivity (Wildman–Crippen MR) is 142 cm³/mol. The molecule has 1 aliphatic carbocycles. The number of aromatic amines is 2. The molecule has 0 saturated heterocycles. The van der Waals surface area contributed by atoms with Gasteiger partial charge in [-0.3, -0.25) is 20.1 Å². The highest BCUT2D eigenvalue weighted by molar-refractivity contribution is 5.97. The SMILES string of the molecule is OC(Nc1cncc(-c2ccc3[nH]nc(-c4nc5c(-c6ccccn6)cncc5[nH]4)c3c2)c1)C1CCC1. The van der Waals surface area contributed by atoms with Gasteiger partial charge in [0.25, 0.3) is 0 Å². The van der Waals surface area contributed by atoms with Gasteiger partial charge in [-0.1, -0.05) is 18.6 Å². The number of nitrogens with one attached hydrogen (secondary N) is 3. The molecule has 7 rings (SSSR count). The second kappa shape index (κ2) is 8.79. The first-order valence-corrected chi connectivity index (χ1v) is 12.4. The van der Waals surface area contributed by atoms with Gasteiger partial charge < -0.3 is 15.4 Å². The monoisotopic (exact) mass is 488 g/mol. The summed E-state index contributed by atoms with van der Waals surface area (Å²) in [7, 11) is 0. The Morgan fingerprint density at radius 3 is 2.70 bits per heavy atom. The summed E-state index contributed by atoms with van der Waals surface area (Å²) in [6.45, 7) is 0. The van der Waals surface area contributed by atoms with E-state index in [1.54, 1.807) is 24.8 Å². The van der Waals surface area contributed by atoms with Crippen LogP contribution in [-0.4, -0.2) is 46.5 Å². The molecule has 5 heterocycles. The van der Waals surface area contributed by atoms with E-state index in [9.17, 15) is 5.11 Å². The maximum absolute atomic E-state index is 10.4. The lowest BCUT2D eigenvalue weighted by atomic mass is 9.84. The Labute approximate surface area is 212 Å². The first-order chi connectivity index (χ1) is 18.2. The standard InChI is InChI=1S/C28H24N8O/c37-28(16-4-3-5-16)32-19-10-18(12-29-13-19)17-7-8-23-20(11-17)26(36-35-23)27-33-24-15-30-14-21(25(24)34-27)22-6-1-2-9-31-22/h1-2,6-16,28,32,37H,3-5H2,(H,33,34)(H,35,36). The Bertz CT molecular complexity index is 1720. The Kier molecular flexibility index (Phi) is 5.14. The summed E-state index contributed by atoms with van der Waals surface area (Å²) in [4.78, 5) is 21.5. The number of aromatic nitrogens is 7. The van der Waals surface area contributed by atoms with Crippen molar-refractivity contribution in [2.24, 2.45) is 5.92 Å². The summed E-state index contributed by atoms with van der Waals surface area (Å²) in [6.07, 6.45) is 11.6. The third-order valence-corrected chi connectivity index (χ3v) is 7.10. The fraction of sp³-hybridized carbons (Fsp3) is 0.179. The fourth-order valence-corrected chi connectivity index (χ4v) is 4.85. The van der Waals surface area contributed by atoms with E-state index >= 15 is 0 Å². The number of hydrogen-bond acceptors (Lipinski definition) is 7. The molecular formula is C28H24N8O. The molecule has 0 radical (unpaired) electrons. The van der Waals surface area contributed by atoms with Gasteiger partial charge in [0, 0.05) is 41.0 Å². The third kappa shape index (κ3) is 3.89. The second-order valence-corrected chi connectivity index (χ2v) is 9.46. The number of nitrogens with zero attached hydrogens (tertiary/aromatic N) is 5. The van der Waals surface area contributed by atoms with Crippen molar-refractivity contribution in [2.75, 3.05) is 5.32 Å². The van der Waals surface area contributed by atoms with E-state index in [4.69, 9.17) is 4.98 Å². The maximum atomic E-state index is 10.4. The van der Waals surface area contributed by atoms with Crippen LogP contribution >= 0.6 is 0 Å². The molecule has 9 nitrogen and oxygen atoms in total. The van der Waals surface area contributed by atoms with Gasteiger partial charge in [-0.05, 0) is 48.7 Å². The zero-order valence-corrected chi connectivity index (χ0v) is 19.9. The first kappa shape index (κ1) is 21.6. The largest absolute Gasteiger partial charge is 0.374 e. The minimum Gasteiger partial charge on any atom is -0.374 e. The Balaban J connectivity index is 1.26. The molecule has 0 spiro atoms. The van der Waals surface area contributed by atoms with Gasteiger partial charge in [0.05, 0.1) is 34.8 Å². The number of benzene rings is 1. The molecule has 0 bridgehead atoms. The van der Waals surface area contributed by atoms with Crippen LogP contribution in [0.15, 0.2) is 73.4 Å². The van der Waals surface area contributed by atoms with Crippen molar-refractivity contribution in [1.29, 1.82) is 0 Å². The van der Waals surface area contributed by atoms with E-state index < -0.39 is 6.23 Å². The topological polar surface area (TPSA) is 128 Å². The number of fused-ring (bicyclic) bond motifs is 2. The van der Waals surface area contributed by atoms with E-state index in [0.29, 0.717) is 11.7 Å². The molecule has 1 aromatic carbocycles. The normalized spacial score (nSPS) is 14.6. The minimum atomic E-state index is -0.549. The number of aliphatic hydroxyl groups excluding tert-OH is 1. The Morgan fingerprint density at radius 2 is 1.86 bits per heavy atom. The van der Waals surface area contributed by atoms with Gasteiger partial charge in [-0.25, -0.2) is 4.98 Å². The van der Waals surface area contributed by atoms with E-state index in [2.05, 4.69) is 41.5 Å². The number of pyridine rings is 3. The molecule has 1 atom stereocenters. The van der Waals surface area contributed by atoms with Crippen LogP contribution in [0.25, 0.3) is 55.8 Å². The summed E-state index contributed by atoms with van der Waals surface area (Å²) >= 11 is 0. The van der Waals surface area contributed by atoms with Crippen LogP contribution in [0.1, 0.15) is 19.3 Å². The summed E-state index contributed by atoms with van der Waals surface area (Å²) in [5, 5.41) is 22.3. The van der Waals surface area contributed by atoms with Crippen molar-refractivity contribution in [1.82, 2.24) is 35.1 Å². The molecule has 6 aromatic rings. The lowest BCUT2D eigenvalue weighted by Gasteiger charge is -2.31. The average molecular weight is 489 g/mol. The smallest absolute Gasteiger partial charge is 0.159 e. The Hall–Kier alpha value is -4.63. The van der Waals surface area contributed by atoms with Crippen molar-refractivity contribution in [3.8, 4) is 33.9 Å². The van der Waals surface area contributed by atoms with Crippen LogP contribution in [0.5, 0.6) is 0 Å². The third-order valence-electron chi connectivity index (χ3n) is 7.10. The molecular weight excluding hydrogens is 464 g/mol. The van der Waals surface area contributed by atoms with Crippen LogP contribution in [0, 0.1) is 5.92 Å². The quantitative estimate of drug-likeness (QED) is 0.239. The molecule has 1 saturated carbocycles. The molecule has 1 unspecified atom stereocenters. The lowest BCUT2D eigenvalue weighted by molar-refractivity contribution is 0.0851. The average Bonchev–Trinajstić information content (AvgIpc) is 3.52. The highest BCUT2D eigenvalue weighted by Crippen LogP contribution is 2.33. The van der Waals surface area contributed by atoms with Crippen molar-refractivity contribution >= 4 is 27.6 Å². The van der Waals surface area contributed by atoms with Crippen molar-refractivity contribution in [2.45, 2.75) is 25.5 Å². The lowest BCUT2D eigenvalue weighted by Crippen LogP contribution is -2.33. The summed E-state index contributed by atoms with van der Waals surface area (Å²) in [6, 6.07) is 13.9. The summed E-state index contributed by atoms with van der Waals surface area (Å²) in [5.41, 5.74) is 7.67. The predicted octanol–water partition coefficient (Wildman–Crippen LogP) is 5.16. The van der Waals surface area contributed by atoms with Gasteiger partial charge in [0.1, 0.15) is 17.4 Å². The van der Waals surface area contributed by atoms with Crippen LogP contribution in [0.4, 0.5) is 5.69 Å². The molecule has 5 aromatic heterocycles. The molecule has 4 N–H and O–H groups in total. The first-order valence-electron chi connectivity index (χ1n) is 12.4. The molecule has 37 heavy (non-hydrogen) atoms. The van der Waals surface area contributed by atoms with Gasteiger partial charge in [0.15, 0.2) is 5.82 Å². The zero-order chi connectivity index (χ0) is 24.8. The number of imidazole rings is 1. The summed E-state index contributed by atoms with van der Waals surface area (Å²) in [5.74, 6) is 0.964. The molecule has 0 amide bonds. The Morgan fingerprint density at radius 1 is 0.946 bits per heavy atom. The van der Waals surface area contributed by atoms with Gasteiger partial charge in [-0.2, -0.15) is 5.10 Å². The van der Waals surface area contributed by atoms with Crippen LogP contribution in [0.2, 0.25) is 0 Å². The number of rotatable bonds is 6. The van der Waals surface area contributed by atoms with Crippen LogP contribution < -0.4 is 5.32 Å². The molecule has 182 valence electrons.